The van der Waals surface area contributed by atoms with Gasteiger partial charge in [0.1, 0.15) is 16.4 Å². The van der Waals surface area contributed by atoms with Crippen molar-refractivity contribution in [2.45, 2.75) is 13.0 Å². The summed E-state index contributed by atoms with van der Waals surface area (Å²) < 4.78 is 5.39. The van der Waals surface area contributed by atoms with Gasteiger partial charge in [0, 0.05) is 43.0 Å². The van der Waals surface area contributed by atoms with Gasteiger partial charge in [0.05, 0.1) is 40.4 Å². The zero-order valence-corrected chi connectivity index (χ0v) is 22.5. The molecule has 0 spiro atoms. The van der Waals surface area contributed by atoms with E-state index in [4.69, 9.17) is 39.5 Å². The first kappa shape index (κ1) is 26.9. The molecule has 0 bridgehead atoms. The molecule has 37 heavy (non-hydrogen) atoms. The van der Waals surface area contributed by atoms with Gasteiger partial charge in [-0.25, -0.2) is 9.97 Å². The number of methoxy groups -OCH3 is 1. The van der Waals surface area contributed by atoms with E-state index in [1.54, 1.807) is 18.5 Å². The minimum absolute atomic E-state index is 0.0855. The molecule has 9 nitrogen and oxygen atoms in total. The van der Waals surface area contributed by atoms with Crippen LogP contribution in [0.4, 0.5) is 11.5 Å². The minimum atomic E-state index is -0.551. The third-order valence-corrected chi connectivity index (χ3v) is 7.19. The zero-order valence-electron chi connectivity index (χ0n) is 19.4. The van der Waals surface area contributed by atoms with E-state index in [9.17, 15) is 9.59 Å². The monoisotopic (exact) mass is 578 g/mol. The van der Waals surface area contributed by atoms with E-state index in [0.717, 1.165) is 17.7 Å². The van der Waals surface area contributed by atoms with Crippen LogP contribution in [0.3, 0.4) is 0 Å². The second kappa shape index (κ2) is 12.4. The smallest absolute Gasteiger partial charge is 0.267 e. The number of imidazole rings is 1. The maximum atomic E-state index is 13.2. The van der Waals surface area contributed by atoms with Crippen LogP contribution in [-0.2, 0) is 13.0 Å². The number of pyridine rings is 1. The summed E-state index contributed by atoms with van der Waals surface area (Å²) in [5.74, 6) is -0.554. The van der Waals surface area contributed by atoms with E-state index in [1.165, 1.54) is 36.8 Å². The number of hydrogen-bond donors (Lipinski definition) is 4. The molecule has 4 N–H and O–H groups in total. The zero-order chi connectivity index (χ0) is 26.4. The highest BCUT2D eigenvalue weighted by molar-refractivity contribution is 7.13. The van der Waals surface area contributed by atoms with Gasteiger partial charge < -0.3 is 25.7 Å². The lowest BCUT2D eigenvalue weighted by molar-refractivity contribution is 0.102. The van der Waals surface area contributed by atoms with Crippen molar-refractivity contribution in [2.75, 3.05) is 24.3 Å². The van der Waals surface area contributed by atoms with E-state index in [-0.39, 0.29) is 27.8 Å². The highest BCUT2D eigenvalue weighted by atomic mass is 35.5. The Labute approximate surface area is 231 Å². The van der Waals surface area contributed by atoms with Crippen molar-refractivity contribution in [1.29, 1.82) is 0 Å². The second-order valence-electron chi connectivity index (χ2n) is 7.69. The van der Waals surface area contributed by atoms with Crippen molar-refractivity contribution >= 4 is 69.5 Å². The molecule has 3 heterocycles. The number of amides is 2. The number of rotatable bonds is 10. The van der Waals surface area contributed by atoms with E-state index in [1.807, 2.05) is 11.6 Å². The van der Waals surface area contributed by atoms with Crippen LogP contribution in [0.5, 0.6) is 5.75 Å². The van der Waals surface area contributed by atoms with Crippen LogP contribution in [0.2, 0.25) is 15.1 Å². The van der Waals surface area contributed by atoms with E-state index in [0.29, 0.717) is 28.0 Å². The third-order valence-electron chi connectivity index (χ3n) is 5.17. The first-order valence-electron chi connectivity index (χ1n) is 10.9. The van der Waals surface area contributed by atoms with Crippen LogP contribution in [0.15, 0.2) is 48.4 Å². The molecule has 0 fully saturated rings. The maximum Gasteiger partial charge on any atom is 0.267 e. The molecule has 4 aromatic rings. The first-order valence-corrected chi connectivity index (χ1v) is 12.9. The summed E-state index contributed by atoms with van der Waals surface area (Å²) >= 11 is 19.8. The molecule has 13 heteroatoms. The maximum absolute atomic E-state index is 13.2. The van der Waals surface area contributed by atoms with Gasteiger partial charge in [-0.05, 0) is 29.1 Å². The number of nitrogens with zero attached hydrogens (tertiary/aromatic N) is 2. The van der Waals surface area contributed by atoms with Gasteiger partial charge in [-0.2, -0.15) is 0 Å². The molecule has 3 aromatic heterocycles. The summed E-state index contributed by atoms with van der Waals surface area (Å²) in [6.07, 6.45) is 5.63. The summed E-state index contributed by atoms with van der Waals surface area (Å²) in [5, 5.41) is 11.5. The molecule has 0 atom stereocenters. The number of aromatic amines is 1. The van der Waals surface area contributed by atoms with E-state index < -0.39 is 11.8 Å². The normalized spacial score (nSPS) is 10.8. The number of carbonyl (C=O) groups excluding carboxylic acids is 2. The number of anilines is 2. The molecular weight excluding hydrogens is 559 g/mol. The van der Waals surface area contributed by atoms with Crippen molar-refractivity contribution in [3.63, 3.8) is 0 Å². The number of carbonyl (C=O) groups is 2. The molecular formula is C24H21Cl3N6O3S. The molecule has 0 aliphatic heterocycles. The average molecular weight is 580 g/mol. The van der Waals surface area contributed by atoms with Gasteiger partial charge in [-0.15, -0.1) is 11.3 Å². The predicted octanol–water partition coefficient (Wildman–Crippen LogP) is 5.67. The van der Waals surface area contributed by atoms with E-state index in [2.05, 4.69) is 30.9 Å². The Morgan fingerprint density at radius 1 is 1.08 bits per heavy atom. The van der Waals surface area contributed by atoms with Crippen LogP contribution in [-0.4, -0.2) is 40.4 Å². The predicted molar refractivity (Wildman–Crippen MR) is 146 cm³/mol. The molecule has 0 saturated carbocycles. The van der Waals surface area contributed by atoms with Crippen LogP contribution in [0.1, 0.15) is 31.3 Å². The van der Waals surface area contributed by atoms with Crippen molar-refractivity contribution in [3.8, 4) is 5.75 Å². The quantitative estimate of drug-likeness (QED) is 0.180. The SMILES string of the molecule is COc1cc(Cl)cc(C(=O)Nc2ccc(Cl)cn2)c1NC(=O)c1scc(CNCCc2c[nH]cn2)c1Cl. The molecule has 4 rings (SSSR count). The molecule has 192 valence electrons. The Morgan fingerprint density at radius 2 is 1.92 bits per heavy atom. The molecule has 2 amide bonds. The number of halogens is 3. The molecule has 0 radical (unpaired) electrons. The van der Waals surface area contributed by atoms with Gasteiger partial charge in [0.15, 0.2) is 0 Å². The molecule has 0 aliphatic carbocycles. The summed E-state index contributed by atoms with van der Waals surface area (Å²) in [6, 6.07) is 6.07. The van der Waals surface area contributed by atoms with Gasteiger partial charge in [0.25, 0.3) is 11.8 Å². The fourth-order valence-electron chi connectivity index (χ4n) is 3.37. The van der Waals surface area contributed by atoms with Crippen molar-refractivity contribution in [2.24, 2.45) is 0 Å². The molecule has 0 unspecified atom stereocenters. The molecule has 0 aliphatic rings. The Balaban J connectivity index is 1.49. The Hall–Kier alpha value is -3.15. The van der Waals surface area contributed by atoms with Crippen LogP contribution in [0.25, 0.3) is 0 Å². The number of H-pyrrole nitrogens is 1. The average Bonchev–Trinajstić information content (AvgIpc) is 3.53. The molecule has 0 saturated heterocycles. The van der Waals surface area contributed by atoms with Gasteiger partial charge in [0.2, 0.25) is 0 Å². The summed E-state index contributed by atoms with van der Waals surface area (Å²) in [5.41, 5.74) is 1.97. The lowest BCUT2D eigenvalue weighted by atomic mass is 10.1. The minimum Gasteiger partial charge on any atom is -0.494 e. The standard InChI is InChI=1S/C24H21Cl3N6O3S/c1-36-18-7-15(26)6-17(23(34)32-19-3-2-14(25)9-30-19)21(18)33-24(35)22-20(27)13(11-37-22)8-28-5-4-16-10-29-12-31-16/h2-3,6-7,9-12,28H,4-5,8H2,1H3,(H,29,31)(H,33,35)(H,30,32,34). The highest BCUT2D eigenvalue weighted by Crippen LogP contribution is 2.35. The van der Waals surface area contributed by atoms with Crippen molar-refractivity contribution in [3.05, 3.63) is 85.1 Å². The number of hydrogen-bond acceptors (Lipinski definition) is 7. The number of ether oxygens (including phenoxy) is 1. The van der Waals surface area contributed by atoms with Gasteiger partial charge in [-0.1, -0.05) is 34.8 Å². The van der Waals surface area contributed by atoms with Gasteiger partial charge in [-0.3, -0.25) is 9.59 Å². The highest BCUT2D eigenvalue weighted by Gasteiger charge is 2.23. The van der Waals surface area contributed by atoms with Crippen LogP contribution >= 0.6 is 46.1 Å². The van der Waals surface area contributed by atoms with Crippen LogP contribution in [0, 0.1) is 0 Å². The van der Waals surface area contributed by atoms with Gasteiger partial charge >= 0.3 is 0 Å². The van der Waals surface area contributed by atoms with Crippen molar-refractivity contribution in [1.82, 2.24) is 20.3 Å². The van der Waals surface area contributed by atoms with Crippen molar-refractivity contribution < 1.29 is 14.3 Å². The first-order chi connectivity index (χ1) is 17.9. The summed E-state index contributed by atoms with van der Waals surface area (Å²) in [4.78, 5) is 37.7. The topological polar surface area (TPSA) is 121 Å². The number of aromatic nitrogens is 3. The largest absolute Gasteiger partial charge is 0.494 e. The number of nitrogens with one attached hydrogen (secondary N) is 4. The second-order valence-corrected chi connectivity index (χ2v) is 9.82. The Morgan fingerprint density at radius 3 is 2.62 bits per heavy atom. The van der Waals surface area contributed by atoms with Crippen LogP contribution < -0.4 is 20.7 Å². The fourth-order valence-corrected chi connectivity index (χ4v) is 4.95. The Bertz CT molecular complexity index is 1390. The lowest BCUT2D eigenvalue weighted by Crippen LogP contribution is -2.19. The number of thiophene rings is 1. The number of benzene rings is 1. The Kier molecular flexibility index (Phi) is 9.01. The molecule has 1 aromatic carbocycles. The summed E-state index contributed by atoms with van der Waals surface area (Å²) in [6.45, 7) is 1.18. The van der Waals surface area contributed by atoms with E-state index >= 15 is 0 Å². The lowest BCUT2D eigenvalue weighted by Gasteiger charge is -2.15. The summed E-state index contributed by atoms with van der Waals surface area (Å²) in [7, 11) is 1.41. The third kappa shape index (κ3) is 6.79. The fraction of sp³-hybridized carbons (Fsp3) is 0.167.